The Balaban J connectivity index is 1.41. The molecule has 6 heteroatoms. The number of hydrogen-bond acceptors (Lipinski definition) is 4. The summed E-state index contributed by atoms with van der Waals surface area (Å²) in [5.74, 6) is 1.01. The molecule has 5 nitrogen and oxygen atoms in total. The third kappa shape index (κ3) is 5.99. The van der Waals surface area contributed by atoms with Crippen molar-refractivity contribution in [3.05, 3.63) is 106 Å². The second kappa shape index (κ2) is 10.8. The maximum absolute atomic E-state index is 12.5. The molecule has 0 spiro atoms. The minimum Gasteiger partial charge on any atom is -0.490 e. The van der Waals surface area contributed by atoms with E-state index < -0.39 is 0 Å². The lowest BCUT2D eigenvalue weighted by Crippen LogP contribution is -2.17. The second-order valence-corrected chi connectivity index (χ2v) is 8.23. The molecule has 4 aromatic carbocycles. The molecule has 0 saturated heterocycles. The van der Waals surface area contributed by atoms with Gasteiger partial charge in [-0.25, -0.2) is 5.43 Å². The van der Waals surface area contributed by atoms with Crippen LogP contribution in [0.2, 0.25) is 0 Å². The summed E-state index contributed by atoms with van der Waals surface area (Å²) in [6, 6.07) is 27.0. The van der Waals surface area contributed by atoms with E-state index in [9.17, 15) is 4.79 Å². The lowest BCUT2D eigenvalue weighted by molar-refractivity contribution is 0.0955. The molecule has 4 rings (SSSR count). The highest BCUT2D eigenvalue weighted by molar-refractivity contribution is 9.10. The van der Waals surface area contributed by atoms with Gasteiger partial charge in [-0.15, -0.1) is 0 Å². The molecule has 33 heavy (non-hydrogen) atoms. The van der Waals surface area contributed by atoms with E-state index >= 15 is 0 Å². The predicted molar refractivity (Wildman–Crippen MR) is 135 cm³/mol. The van der Waals surface area contributed by atoms with Gasteiger partial charge in [0.2, 0.25) is 0 Å². The van der Waals surface area contributed by atoms with Crippen LogP contribution in [0.3, 0.4) is 0 Å². The molecule has 1 amide bonds. The maximum atomic E-state index is 12.5. The predicted octanol–water partition coefficient (Wildman–Crippen LogP) is 6.34. The average Bonchev–Trinajstić information content (AvgIpc) is 2.84. The van der Waals surface area contributed by atoms with E-state index in [0.29, 0.717) is 30.3 Å². The number of nitrogens with zero attached hydrogens (tertiary/aromatic N) is 1. The molecule has 0 bridgehead atoms. The largest absolute Gasteiger partial charge is 0.490 e. The monoisotopic (exact) mass is 502 g/mol. The Kier molecular flexibility index (Phi) is 7.37. The number of ether oxygens (including phenoxy) is 2. The van der Waals surface area contributed by atoms with Crippen LogP contribution in [0.25, 0.3) is 10.8 Å². The number of nitrogens with one attached hydrogen (secondary N) is 1. The number of carbonyl (C=O) groups excluding carboxylic acids is 1. The fourth-order valence-electron chi connectivity index (χ4n) is 3.29. The fourth-order valence-corrected chi connectivity index (χ4v) is 3.56. The molecule has 0 saturated carbocycles. The summed E-state index contributed by atoms with van der Waals surface area (Å²) >= 11 is 3.43. The highest BCUT2D eigenvalue weighted by Crippen LogP contribution is 2.29. The molecule has 0 radical (unpaired) electrons. The smallest absolute Gasteiger partial charge is 0.271 e. The van der Waals surface area contributed by atoms with E-state index in [-0.39, 0.29) is 5.91 Å². The third-order valence-corrected chi connectivity index (χ3v) is 5.50. The van der Waals surface area contributed by atoms with Gasteiger partial charge in [0.15, 0.2) is 11.5 Å². The van der Waals surface area contributed by atoms with Crippen molar-refractivity contribution in [1.82, 2.24) is 5.43 Å². The molecule has 0 aromatic heterocycles. The number of halogens is 1. The first-order valence-corrected chi connectivity index (χ1v) is 11.4. The molecule has 0 aliphatic rings. The van der Waals surface area contributed by atoms with Crippen molar-refractivity contribution in [2.45, 2.75) is 13.5 Å². The summed E-state index contributed by atoms with van der Waals surface area (Å²) in [7, 11) is 0. The molecule has 0 unspecified atom stereocenters. The molecule has 4 aromatic rings. The number of rotatable bonds is 8. The summed E-state index contributed by atoms with van der Waals surface area (Å²) in [6.07, 6.45) is 1.58. The van der Waals surface area contributed by atoms with E-state index in [1.807, 2.05) is 85.8 Å². The first kappa shape index (κ1) is 22.6. The quantitative estimate of drug-likeness (QED) is 0.225. The van der Waals surface area contributed by atoms with Crippen LogP contribution < -0.4 is 14.9 Å². The zero-order valence-corrected chi connectivity index (χ0v) is 19.7. The Hall–Kier alpha value is -3.64. The number of benzene rings is 4. The SMILES string of the molecule is CCOc1cc(/C=N\NC(=O)c2ccc3ccccc3c2)ccc1OCc1ccc(Br)cc1. The van der Waals surface area contributed by atoms with E-state index in [0.717, 1.165) is 26.4 Å². The van der Waals surface area contributed by atoms with Crippen LogP contribution in [-0.2, 0) is 6.61 Å². The Labute approximate surface area is 201 Å². The normalized spacial score (nSPS) is 11.0. The van der Waals surface area contributed by atoms with Crippen LogP contribution in [-0.4, -0.2) is 18.7 Å². The standard InChI is InChI=1S/C27H23BrN2O3/c1-2-32-26-15-20(9-14-25(26)33-18-19-7-12-24(28)13-8-19)17-29-30-27(31)23-11-10-21-5-3-4-6-22(21)16-23/h3-17H,2,18H2,1H3,(H,30,31)/b29-17-. The van der Waals surface area contributed by atoms with E-state index in [2.05, 4.69) is 26.5 Å². The first-order valence-electron chi connectivity index (χ1n) is 10.6. The summed E-state index contributed by atoms with van der Waals surface area (Å²) in [6.45, 7) is 2.86. The van der Waals surface area contributed by atoms with Crippen molar-refractivity contribution < 1.29 is 14.3 Å². The molecule has 0 aliphatic carbocycles. The molecule has 0 aliphatic heterocycles. The van der Waals surface area contributed by atoms with Crippen molar-refractivity contribution >= 4 is 38.8 Å². The van der Waals surface area contributed by atoms with Gasteiger partial charge in [0, 0.05) is 10.0 Å². The van der Waals surface area contributed by atoms with Gasteiger partial charge >= 0.3 is 0 Å². The molecule has 0 atom stereocenters. The Bertz CT molecular complexity index is 1290. The van der Waals surface area contributed by atoms with Crippen molar-refractivity contribution in [2.24, 2.45) is 5.10 Å². The third-order valence-electron chi connectivity index (χ3n) is 4.97. The van der Waals surface area contributed by atoms with E-state index in [1.165, 1.54) is 0 Å². The van der Waals surface area contributed by atoms with Crippen molar-refractivity contribution in [3.63, 3.8) is 0 Å². The zero-order chi connectivity index (χ0) is 23.0. The van der Waals surface area contributed by atoms with Gasteiger partial charge in [-0.3, -0.25) is 4.79 Å². The molecule has 0 fully saturated rings. The van der Waals surface area contributed by atoms with Crippen molar-refractivity contribution in [3.8, 4) is 11.5 Å². The van der Waals surface area contributed by atoms with E-state index in [1.54, 1.807) is 12.3 Å². The Morgan fingerprint density at radius 2 is 1.70 bits per heavy atom. The van der Waals surface area contributed by atoms with E-state index in [4.69, 9.17) is 9.47 Å². The number of amides is 1. The minimum atomic E-state index is -0.267. The first-order chi connectivity index (χ1) is 16.1. The van der Waals surface area contributed by atoms with Gasteiger partial charge in [-0.05, 0) is 71.3 Å². The molecular formula is C27H23BrN2O3. The van der Waals surface area contributed by atoms with Crippen molar-refractivity contribution in [2.75, 3.05) is 6.61 Å². The van der Waals surface area contributed by atoms with Crippen LogP contribution in [0.1, 0.15) is 28.4 Å². The summed E-state index contributed by atoms with van der Waals surface area (Å²) in [5.41, 5.74) is 4.98. The van der Waals surface area contributed by atoms with Gasteiger partial charge < -0.3 is 9.47 Å². The van der Waals surface area contributed by atoms with Crippen LogP contribution in [0, 0.1) is 0 Å². The number of fused-ring (bicyclic) bond motifs is 1. The Morgan fingerprint density at radius 1 is 0.909 bits per heavy atom. The number of hydrogen-bond donors (Lipinski definition) is 1. The zero-order valence-electron chi connectivity index (χ0n) is 18.1. The lowest BCUT2D eigenvalue weighted by atomic mass is 10.1. The molecular weight excluding hydrogens is 480 g/mol. The topological polar surface area (TPSA) is 59.9 Å². The molecule has 1 N–H and O–H groups in total. The van der Waals surface area contributed by atoms with Gasteiger partial charge in [0.25, 0.3) is 5.91 Å². The highest BCUT2D eigenvalue weighted by atomic mass is 79.9. The van der Waals surface area contributed by atoms with Gasteiger partial charge in [0.1, 0.15) is 6.61 Å². The number of carbonyl (C=O) groups is 1. The summed E-state index contributed by atoms with van der Waals surface area (Å²) in [4.78, 5) is 12.5. The van der Waals surface area contributed by atoms with Crippen LogP contribution >= 0.6 is 15.9 Å². The van der Waals surface area contributed by atoms with Crippen LogP contribution in [0.15, 0.2) is 94.5 Å². The van der Waals surface area contributed by atoms with Crippen LogP contribution in [0.5, 0.6) is 11.5 Å². The van der Waals surface area contributed by atoms with Crippen LogP contribution in [0.4, 0.5) is 0 Å². The fraction of sp³-hybridized carbons (Fsp3) is 0.111. The van der Waals surface area contributed by atoms with Gasteiger partial charge in [-0.2, -0.15) is 5.10 Å². The minimum absolute atomic E-state index is 0.267. The highest BCUT2D eigenvalue weighted by Gasteiger charge is 2.08. The summed E-state index contributed by atoms with van der Waals surface area (Å²) < 4.78 is 12.7. The number of hydrazone groups is 1. The van der Waals surface area contributed by atoms with Gasteiger partial charge in [0.05, 0.1) is 12.8 Å². The lowest BCUT2D eigenvalue weighted by Gasteiger charge is -2.12. The maximum Gasteiger partial charge on any atom is 0.271 e. The average molecular weight is 503 g/mol. The molecule has 166 valence electrons. The Morgan fingerprint density at radius 3 is 2.48 bits per heavy atom. The van der Waals surface area contributed by atoms with Gasteiger partial charge in [-0.1, -0.05) is 58.4 Å². The van der Waals surface area contributed by atoms with Crippen molar-refractivity contribution in [1.29, 1.82) is 0 Å². The molecule has 0 heterocycles. The second-order valence-electron chi connectivity index (χ2n) is 7.32. The summed E-state index contributed by atoms with van der Waals surface area (Å²) in [5, 5.41) is 6.20.